The minimum absolute atomic E-state index is 0.0426. The van der Waals surface area contributed by atoms with Crippen molar-refractivity contribution in [2.24, 2.45) is 22.7 Å². The summed E-state index contributed by atoms with van der Waals surface area (Å²) in [4.78, 5) is 0. The minimum atomic E-state index is -0.171. The molecule has 0 spiro atoms. The summed E-state index contributed by atoms with van der Waals surface area (Å²) in [5.41, 5.74) is 0.790. The second kappa shape index (κ2) is 3.98. The number of hydrogen-bond donors (Lipinski definition) is 0. The van der Waals surface area contributed by atoms with E-state index in [4.69, 9.17) is 4.74 Å². The standard InChI is InChI=1S/C17H27NO/c1-15(2)7-5-8-16(3)13(15)6-9-17(4)14(16)10-12(11-18)19-17/h12-14H,5-10H2,1-4H3/t12?,13-,14+,16-,17+/m0/s1. The fraction of sp³-hybridized carbons (Fsp3) is 0.941. The monoisotopic (exact) mass is 261 g/mol. The van der Waals surface area contributed by atoms with Gasteiger partial charge in [-0.1, -0.05) is 27.2 Å². The Labute approximate surface area is 117 Å². The highest BCUT2D eigenvalue weighted by molar-refractivity contribution is 5.13. The van der Waals surface area contributed by atoms with Crippen LogP contribution in [0.2, 0.25) is 0 Å². The van der Waals surface area contributed by atoms with Crippen molar-refractivity contribution in [1.29, 1.82) is 5.26 Å². The molecule has 2 saturated carbocycles. The molecular formula is C17H27NO. The van der Waals surface area contributed by atoms with Crippen LogP contribution < -0.4 is 0 Å². The lowest BCUT2D eigenvalue weighted by Gasteiger charge is -2.60. The van der Waals surface area contributed by atoms with E-state index in [2.05, 4.69) is 33.8 Å². The molecule has 2 aliphatic carbocycles. The molecule has 0 aromatic rings. The quantitative estimate of drug-likeness (QED) is 0.651. The van der Waals surface area contributed by atoms with Crippen LogP contribution >= 0.6 is 0 Å². The van der Waals surface area contributed by atoms with Gasteiger partial charge < -0.3 is 4.74 Å². The predicted octanol–water partition coefficient (Wildman–Crippen LogP) is 4.30. The van der Waals surface area contributed by atoms with Gasteiger partial charge in [0.1, 0.15) is 6.10 Å². The van der Waals surface area contributed by atoms with Crippen LogP contribution in [-0.2, 0) is 4.74 Å². The van der Waals surface area contributed by atoms with Gasteiger partial charge in [0, 0.05) is 0 Å². The average Bonchev–Trinajstić information content (AvgIpc) is 2.66. The van der Waals surface area contributed by atoms with Crippen LogP contribution in [0.15, 0.2) is 0 Å². The summed E-state index contributed by atoms with van der Waals surface area (Å²) in [6.45, 7) is 9.66. The maximum absolute atomic E-state index is 9.24. The molecule has 3 fully saturated rings. The van der Waals surface area contributed by atoms with Crippen LogP contribution in [0.4, 0.5) is 0 Å². The molecule has 106 valence electrons. The average molecular weight is 261 g/mol. The van der Waals surface area contributed by atoms with Crippen molar-refractivity contribution >= 4 is 0 Å². The number of nitriles is 1. The van der Waals surface area contributed by atoms with Gasteiger partial charge in [-0.05, 0) is 61.7 Å². The number of rotatable bonds is 0. The highest BCUT2D eigenvalue weighted by Gasteiger charge is 2.62. The predicted molar refractivity (Wildman–Crippen MR) is 75.5 cm³/mol. The van der Waals surface area contributed by atoms with Gasteiger partial charge in [-0.15, -0.1) is 0 Å². The van der Waals surface area contributed by atoms with Gasteiger partial charge in [0.2, 0.25) is 0 Å². The number of fused-ring (bicyclic) bond motifs is 3. The summed E-state index contributed by atoms with van der Waals surface area (Å²) in [7, 11) is 0. The van der Waals surface area contributed by atoms with E-state index in [1.54, 1.807) is 0 Å². The van der Waals surface area contributed by atoms with Crippen LogP contribution in [0, 0.1) is 34.0 Å². The molecule has 2 nitrogen and oxygen atoms in total. The third-order valence-corrected chi connectivity index (χ3v) is 6.74. The molecule has 3 aliphatic rings. The van der Waals surface area contributed by atoms with Gasteiger partial charge in [0.25, 0.3) is 0 Å². The molecule has 1 saturated heterocycles. The zero-order valence-electron chi connectivity index (χ0n) is 12.8. The molecule has 0 aromatic heterocycles. The second-order valence-corrected chi connectivity index (χ2v) is 8.28. The number of ether oxygens (including phenoxy) is 1. The summed E-state index contributed by atoms with van der Waals surface area (Å²) >= 11 is 0. The molecule has 0 amide bonds. The van der Waals surface area contributed by atoms with E-state index in [-0.39, 0.29) is 11.7 Å². The van der Waals surface area contributed by atoms with Gasteiger partial charge in [-0.3, -0.25) is 0 Å². The highest BCUT2D eigenvalue weighted by Crippen LogP contribution is 2.65. The molecule has 1 unspecified atom stereocenters. The van der Waals surface area contributed by atoms with Gasteiger partial charge in [0.15, 0.2) is 0 Å². The maximum atomic E-state index is 9.24. The first-order valence-electron chi connectivity index (χ1n) is 7.89. The molecule has 0 aromatic carbocycles. The van der Waals surface area contributed by atoms with E-state index in [0.717, 1.165) is 18.8 Å². The first kappa shape index (κ1) is 13.4. The van der Waals surface area contributed by atoms with Crippen LogP contribution in [0.3, 0.4) is 0 Å². The number of nitrogens with zero attached hydrogens (tertiary/aromatic N) is 1. The fourth-order valence-electron chi connectivity index (χ4n) is 5.93. The Bertz CT molecular complexity index is 423. The molecule has 0 N–H and O–H groups in total. The molecule has 2 heteroatoms. The first-order chi connectivity index (χ1) is 8.82. The Hall–Kier alpha value is -0.550. The summed E-state index contributed by atoms with van der Waals surface area (Å²) in [6.07, 6.45) is 7.21. The molecule has 5 atom stereocenters. The molecule has 0 radical (unpaired) electrons. The fourth-order valence-corrected chi connectivity index (χ4v) is 5.93. The van der Waals surface area contributed by atoms with Gasteiger partial charge in [-0.2, -0.15) is 5.26 Å². The Morgan fingerprint density at radius 3 is 2.47 bits per heavy atom. The van der Waals surface area contributed by atoms with Crippen molar-refractivity contribution in [3.8, 4) is 6.07 Å². The third kappa shape index (κ3) is 1.77. The summed E-state index contributed by atoms with van der Waals surface area (Å²) in [5, 5.41) is 9.24. The zero-order chi connectivity index (χ0) is 13.9. The third-order valence-electron chi connectivity index (χ3n) is 6.74. The van der Waals surface area contributed by atoms with E-state index in [9.17, 15) is 5.26 Å². The van der Waals surface area contributed by atoms with Crippen molar-refractivity contribution in [3.05, 3.63) is 0 Å². The lowest BCUT2D eigenvalue weighted by molar-refractivity contribution is -0.151. The molecule has 3 rings (SSSR count). The van der Waals surface area contributed by atoms with Crippen LogP contribution in [0.1, 0.15) is 66.2 Å². The largest absolute Gasteiger partial charge is 0.357 e. The van der Waals surface area contributed by atoms with E-state index in [1.807, 2.05) is 0 Å². The summed E-state index contributed by atoms with van der Waals surface area (Å²) in [6, 6.07) is 2.36. The lowest BCUT2D eigenvalue weighted by atomic mass is 9.45. The minimum Gasteiger partial charge on any atom is -0.357 e. The van der Waals surface area contributed by atoms with Gasteiger partial charge in [-0.25, -0.2) is 0 Å². The molecular weight excluding hydrogens is 234 g/mol. The summed E-state index contributed by atoms with van der Waals surface area (Å²) < 4.78 is 6.12. The topological polar surface area (TPSA) is 33.0 Å². The second-order valence-electron chi connectivity index (χ2n) is 8.28. The Morgan fingerprint density at radius 1 is 1.05 bits per heavy atom. The molecule has 0 bridgehead atoms. The van der Waals surface area contributed by atoms with Crippen molar-refractivity contribution in [1.82, 2.24) is 0 Å². The zero-order valence-corrected chi connectivity index (χ0v) is 12.8. The Balaban J connectivity index is 1.97. The highest BCUT2D eigenvalue weighted by atomic mass is 16.5. The Morgan fingerprint density at radius 2 is 1.79 bits per heavy atom. The van der Waals surface area contributed by atoms with Crippen LogP contribution in [-0.4, -0.2) is 11.7 Å². The maximum Gasteiger partial charge on any atom is 0.145 e. The first-order valence-corrected chi connectivity index (χ1v) is 7.89. The normalized spacial score (nSPS) is 52.1. The molecule has 1 aliphatic heterocycles. The van der Waals surface area contributed by atoms with Crippen LogP contribution in [0.5, 0.6) is 0 Å². The van der Waals surface area contributed by atoms with E-state index < -0.39 is 0 Å². The van der Waals surface area contributed by atoms with Crippen LogP contribution in [0.25, 0.3) is 0 Å². The van der Waals surface area contributed by atoms with E-state index in [0.29, 0.717) is 16.7 Å². The van der Waals surface area contributed by atoms with E-state index in [1.165, 1.54) is 25.7 Å². The van der Waals surface area contributed by atoms with Gasteiger partial charge >= 0.3 is 0 Å². The van der Waals surface area contributed by atoms with Crippen molar-refractivity contribution < 1.29 is 4.74 Å². The molecule has 1 heterocycles. The number of hydrogen-bond acceptors (Lipinski definition) is 2. The van der Waals surface area contributed by atoms with Gasteiger partial charge in [0.05, 0.1) is 11.7 Å². The lowest BCUT2D eigenvalue weighted by Crippen LogP contribution is -2.55. The smallest absolute Gasteiger partial charge is 0.145 e. The van der Waals surface area contributed by atoms with Crippen molar-refractivity contribution in [3.63, 3.8) is 0 Å². The van der Waals surface area contributed by atoms with Crippen molar-refractivity contribution in [2.45, 2.75) is 77.9 Å². The summed E-state index contributed by atoms with van der Waals surface area (Å²) in [5.74, 6) is 1.37. The Kier molecular flexibility index (Phi) is 2.81. The SMILES string of the molecule is CC1(C)CCC[C@]2(C)[C@H]3CC(C#N)O[C@]3(C)CC[C@@H]12. The van der Waals surface area contributed by atoms with Crippen molar-refractivity contribution in [2.75, 3.05) is 0 Å². The molecule has 19 heavy (non-hydrogen) atoms. The van der Waals surface area contributed by atoms with E-state index >= 15 is 0 Å².